The van der Waals surface area contributed by atoms with Gasteiger partial charge in [0.1, 0.15) is 5.00 Å². The van der Waals surface area contributed by atoms with Gasteiger partial charge in [0.15, 0.2) is 0 Å². The van der Waals surface area contributed by atoms with Gasteiger partial charge in [-0.1, -0.05) is 29.8 Å². The van der Waals surface area contributed by atoms with E-state index in [0.29, 0.717) is 21.8 Å². The number of fused-ring (bicyclic) bond motifs is 1. The Kier molecular flexibility index (Phi) is 7.28. The summed E-state index contributed by atoms with van der Waals surface area (Å²) in [5.74, 6) is -0.788. The maximum absolute atomic E-state index is 13.0. The fourth-order valence-electron chi connectivity index (χ4n) is 4.13. The van der Waals surface area contributed by atoms with Crippen LogP contribution in [0.2, 0.25) is 0 Å². The van der Waals surface area contributed by atoms with E-state index < -0.39 is 16.0 Å². The highest BCUT2D eigenvalue weighted by atomic mass is 32.2. The molecule has 0 fully saturated rings. The minimum absolute atomic E-state index is 0.189. The van der Waals surface area contributed by atoms with Crippen molar-refractivity contribution in [1.82, 2.24) is 0 Å². The average molecular weight is 513 g/mol. The highest BCUT2D eigenvalue weighted by Gasteiger charge is 2.28. The number of benzene rings is 2. The van der Waals surface area contributed by atoms with Crippen LogP contribution in [0.3, 0.4) is 0 Å². The minimum atomic E-state index is -3.54. The molecule has 3 aromatic rings. The number of anilines is 2. The zero-order valence-electron chi connectivity index (χ0n) is 20.0. The maximum atomic E-state index is 13.0. The van der Waals surface area contributed by atoms with Gasteiger partial charge in [0.25, 0.3) is 5.91 Å². The molecule has 7 nitrogen and oxygen atoms in total. The largest absolute Gasteiger partial charge is 0.462 e. The molecule has 0 radical (unpaired) electrons. The lowest BCUT2D eigenvalue weighted by atomic mass is 10.1. The van der Waals surface area contributed by atoms with Crippen LogP contribution in [-0.4, -0.2) is 33.2 Å². The molecule has 1 amide bonds. The van der Waals surface area contributed by atoms with E-state index in [1.54, 1.807) is 31.2 Å². The number of sulfonamides is 1. The second-order valence-corrected chi connectivity index (χ2v) is 11.6. The second kappa shape index (κ2) is 10.2. The smallest absolute Gasteiger partial charge is 0.341 e. The van der Waals surface area contributed by atoms with Gasteiger partial charge in [-0.15, -0.1) is 11.3 Å². The number of esters is 1. The van der Waals surface area contributed by atoms with Crippen LogP contribution in [0.4, 0.5) is 10.7 Å². The Morgan fingerprint density at radius 2 is 1.74 bits per heavy atom. The number of aryl methyl sites for hydroxylation is 2. The molecule has 1 aliphatic carbocycles. The molecule has 1 aliphatic rings. The van der Waals surface area contributed by atoms with Gasteiger partial charge in [0, 0.05) is 10.4 Å². The fraction of sp³-hybridized carbons (Fsp3) is 0.308. The molecule has 0 aliphatic heterocycles. The van der Waals surface area contributed by atoms with Crippen LogP contribution in [0.1, 0.15) is 55.6 Å². The van der Waals surface area contributed by atoms with Crippen molar-refractivity contribution < 1.29 is 22.7 Å². The third kappa shape index (κ3) is 5.57. The van der Waals surface area contributed by atoms with Crippen molar-refractivity contribution in [3.63, 3.8) is 0 Å². The zero-order chi connectivity index (χ0) is 25.2. The number of amides is 1. The van der Waals surface area contributed by atoms with Crippen molar-refractivity contribution >= 4 is 43.9 Å². The van der Waals surface area contributed by atoms with E-state index >= 15 is 0 Å². The molecule has 1 N–H and O–H groups in total. The van der Waals surface area contributed by atoms with Crippen LogP contribution >= 0.6 is 11.3 Å². The van der Waals surface area contributed by atoms with E-state index in [0.717, 1.165) is 47.1 Å². The number of thiophene rings is 1. The van der Waals surface area contributed by atoms with Crippen LogP contribution in [0.5, 0.6) is 0 Å². The Labute approximate surface area is 209 Å². The zero-order valence-corrected chi connectivity index (χ0v) is 21.6. The van der Waals surface area contributed by atoms with Gasteiger partial charge in [0.2, 0.25) is 10.0 Å². The summed E-state index contributed by atoms with van der Waals surface area (Å²) in [5.41, 5.74) is 4.21. The fourth-order valence-corrected chi connectivity index (χ4v) is 6.29. The highest BCUT2D eigenvalue weighted by Crippen LogP contribution is 2.39. The number of carbonyl (C=O) groups is 2. The van der Waals surface area contributed by atoms with Gasteiger partial charge < -0.3 is 10.1 Å². The van der Waals surface area contributed by atoms with Crippen molar-refractivity contribution in [3.8, 4) is 0 Å². The topological polar surface area (TPSA) is 92.8 Å². The lowest BCUT2D eigenvalue weighted by Crippen LogP contribution is -2.29. The summed E-state index contributed by atoms with van der Waals surface area (Å²) < 4.78 is 31.5. The number of ether oxygens (including phenoxy) is 1. The summed E-state index contributed by atoms with van der Waals surface area (Å²) in [6, 6.07) is 14.1. The summed E-state index contributed by atoms with van der Waals surface area (Å²) in [5, 5.41) is 3.37. The first-order valence-corrected chi connectivity index (χ1v) is 14.1. The van der Waals surface area contributed by atoms with E-state index in [-0.39, 0.29) is 19.1 Å². The minimum Gasteiger partial charge on any atom is -0.462 e. The average Bonchev–Trinajstić information content (AvgIpc) is 3.39. The van der Waals surface area contributed by atoms with E-state index in [1.807, 2.05) is 31.2 Å². The molecule has 1 aromatic heterocycles. The first-order chi connectivity index (χ1) is 16.7. The normalized spacial score (nSPS) is 12.8. The molecule has 0 spiro atoms. The summed E-state index contributed by atoms with van der Waals surface area (Å²) in [6.07, 6.45) is 3.84. The van der Waals surface area contributed by atoms with Crippen molar-refractivity contribution in [3.05, 3.63) is 81.2 Å². The molecule has 0 bridgehead atoms. The van der Waals surface area contributed by atoms with Crippen LogP contribution in [0, 0.1) is 6.92 Å². The van der Waals surface area contributed by atoms with Crippen LogP contribution in [0.25, 0.3) is 0 Å². The van der Waals surface area contributed by atoms with Crippen molar-refractivity contribution in [2.24, 2.45) is 0 Å². The molecule has 9 heteroatoms. The molecule has 184 valence electrons. The second-order valence-electron chi connectivity index (χ2n) is 8.54. The SMILES string of the molecule is CCOC(=O)c1c(NC(=O)c2ccc(N(Cc3ccc(C)cc3)S(C)(=O)=O)cc2)sc2c1CCC2. The van der Waals surface area contributed by atoms with E-state index in [9.17, 15) is 18.0 Å². The van der Waals surface area contributed by atoms with Gasteiger partial charge in [-0.05, 0) is 68.5 Å². The Hall–Kier alpha value is -3.17. The van der Waals surface area contributed by atoms with Crippen molar-refractivity contribution in [1.29, 1.82) is 0 Å². The monoisotopic (exact) mass is 512 g/mol. The first-order valence-electron chi connectivity index (χ1n) is 11.4. The predicted octanol–water partition coefficient (Wildman–Crippen LogP) is 4.94. The quantitative estimate of drug-likeness (QED) is 0.432. The highest BCUT2D eigenvalue weighted by molar-refractivity contribution is 7.92. The summed E-state index contributed by atoms with van der Waals surface area (Å²) >= 11 is 1.42. The number of nitrogens with one attached hydrogen (secondary N) is 1. The Bertz CT molecular complexity index is 1340. The van der Waals surface area contributed by atoms with Gasteiger partial charge in [-0.25, -0.2) is 13.2 Å². The van der Waals surface area contributed by atoms with E-state index in [1.165, 1.54) is 15.6 Å². The van der Waals surface area contributed by atoms with Crippen molar-refractivity contribution in [2.75, 3.05) is 22.5 Å². The molecular formula is C26H28N2O5S2. The van der Waals surface area contributed by atoms with Gasteiger partial charge in [-0.3, -0.25) is 9.10 Å². The molecule has 35 heavy (non-hydrogen) atoms. The molecule has 1 heterocycles. The van der Waals surface area contributed by atoms with Crippen LogP contribution < -0.4 is 9.62 Å². The first kappa shape index (κ1) is 24.9. The summed E-state index contributed by atoms with van der Waals surface area (Å²) in [6.45, 7) is 4.18. The molecule has 4 rings (SSSR count). The van der Waals surface area contributed by atoms with Gasteiger partial charge >= 0.3 is 5.97 Å². The van der Waals surface area contributed by atoms with Crippen LogP contribution in [0.15, 0.2) is 48.5 Å². The lowest BCUT2D eigenvalue weighted by molar-refractivity contribution is 0.0527. The number of nitrogens with zero attached hydrogens (tertiary/aromatic N) is 1. The number of rotatable bonds is 8. The number of hydrogen-bond donors (Lipinski definition) is 1. The van der Waals surface area contributed by atoms with Gasteiger partial charge in [0.05, 0.1) is 30.7 Å². The predicted molar refractivity (Wildman–Crippen MR) is 139 cm³/mol. The Morgan fingerprint density at radius 1 is 1.06 bits per heavy atom. The Morgan fingerprint density at radius 3 is 2.37 bits per heavy atom. The third-order valence-electron chi connectivity index (χ3n) is 5.89. The maximum Gasteiger partial charge on any atom is 0.341 e. The van der Waals surface area contributed by atoms with E-state index in [2.05, 4.69) is 5.32 Å². The molecule has 0 saturated carbocycles. The number of hydrogen-bond acceptors (Lipinski definition) is 6. The molecule has 2 aromatic carbocycles. The molecular weight excluding hydrogens is 484 g/mol. The summed E-state index contributed by atoms with van der Waals surface area (Å²) in [4.78, 5) is 26.7. The Balaban J connectivity index is 1.55. The van der Waals surface area contributed by atoms with Gasteiger partial charge in [-0.2, -0.15) is 0 Å². The molecule has 0 atom stereocenters. The lowest BCUT2D eigenvalue weighted by Gasteiger charge is -2.23. The summed E-state index contributed by atoms with van der Waals surface area (Å²) in [7, 11) is -3.54. The standard InChI is InChI=1S/C26H28N2O5S2/c1-4-33-26(30)23-21-6-5-7-22(21)34-25(23)27-24(29)19-12-14-20(15-13-19)28(35(3,31)32)16-18-10-8-17(2)9-11-18/h8-15H,4-7,16H2,1-3H3,(H,27,29). The molecule has 0 unspecified atom stereocenters. The third-order valence-corrected chi connectivity index (χ3v) is 8.24. The van der Waals surface area contributed by atoms with Crippen molar-refractivity contribution in [2.45, 2.75) is 39.7 Å². The van der Waals surface area contributed by atoms with E-state index in [4.69, 9.17) is 4.74 Å². The molecule has 0 saturated heterocycles. The number of carbonyl (C=O) groups excluding carboxylic acids is 2. The van der Waals surface area contributed by atoms with Crippen LogP contribution in [-0.2, 0) is 34.1 Å².